The van der Waals surface area contributed by atoms with E-state index in [0.717, 1.165) is 0 Å². The molecule has 0 aromatic heterocycles. The van der Waals surface area contributed by atoms with Crippen LogP contribution in [0.1, 0.15) is 30.6 Å². The smallest absolute Gasteiger partial charge is 0.255 e. The molecule has 1 rings (SSSR count). The number of para-hydroxylation sites is 1. The van der Waals surface area contributed by atoms with Crippen molar-refractivity contribution in [1.82, 2.24) is 5.32 Å². The second-order valence-corrected chi connectivity index (χ2v) is 4.85. The molecule has 1 unspecified atom stereocenters. The highest BCUT2D eigenvalue weighted by Crippen LogP contribution is 2.29. The largest absolute Gasteiger partial charge is 0.504 e. The number of phenolic OH excluding ortho intramolecular Hbond substituents is 1. The van der Waals surface area contributed by atoms with Gasteiger partial charge in [-0.1, -0.05) is 19.9 Å². The number of aliphatic hydroxyl groups excluding tert-OH is 1. The lowest BCUT2D eigenvalue weighted by Gasteiger charge is -2.14. The van der Waals surface area contributed by atoms with Gasteiger partial charge in [0, 0.05) is 6.54 Å². The second kappa shape index (κ2) is 6.99. The predicted octanol–water partition coefficient (Wildman–Crippen LogP) is 1.54. The summed E-state index contributed by atoms with van der Waals surface area (Å²) < 4.78 is 4.93. The van der Waals surface area contributed by atoms with E-state index in [4.69, 9.17) is 4.74 Å². The van der Waals surface area contributed by atoms with E-state index in [0.29, 0.717) is 12.3 Å². The molecule has 106 valence electrons. The molecule has 1 amide bonds. The van der Waals surface area contributed by atoms with Gasteiger partial charge < -0.3 is 20.3 Å². The van der Waals surface area contributed by atoms with Crippen molar-refractivity contribution in [2.24, 2.45) is 5.92 Å². The van der Waals surface area contributed by atoms with Crippen LogP contribution in [0.3, 0.4) is 0 Å². The molecule has 0 fully saturated rings. The molecule has 0 bridgehead atoms. The van der Waals surface area contributed by atoms with Crippen LogP contribution in [0.4, 0.5) is 0 Å². The molecule has 1 aromatic rings. The molecule has 0 saturated heterocycles. The maximum Gasteiger partial charge on any atom is 0.255 e. The number of methoxy groups -OCH3 is 1. The fourth-order valence-electron chi connectivity index (χ4n) is 1.80. The number of aromatic hydroxyl groups is 1. The first-order chi connectivity index (χ1) is 8.95. The Bertz CT molecular complexity index is 431. The molecule has 0 aliphatic rings. The van der Waals surface area contributed by atoms with E-state index in [1.165, 1.54) is 13.2 Å². The van der Waals surface area contributed by atoms with Gasteiger partial charge >= 0.3 is 0 Å². The number of hydrogen-bond acceptors (Lipinski definition) is 4. The third kappa shape index (κ3) is 4.44. The molecule has 3 N–H and O–H groups in total. The highest BCUT2D eigenvalue weighted by atomic mass is 16.5. The summed E-state index contributed by atoms with van der Waals surface area (Å²) in [6, 6.07) is 4.69. The summed E-state index contributed by atoms with van der Waals surface area (Å²) in [6.45, 7) is 4.16. The quantitative estimate of drug-likeness (QED) is 0.730. The summed E-state index contributed by atoms with van der Waals surface area (Å²) >= 11 is 0. The van der Waals surface area contributed by atoms with E-state index in [2.05, 4.69) is 5.32 Å². The fourth-order valence-corrected chi connectivity index (χ4v) is 1.80. The van der Waals surface area contributed by atoms with E-state index >= 15 is 0 Å². The summed E-state index contributed by atoms with van der Waals surface area (Å²) in [5.41, 5.74) is 0.135. The van der Waals surface area contributed by atoms with Crippen molar-refractivity contribution in [3.63, 3.8) is 0 Å². The molecular formula is C14H21NO4. The lowest BCUT2D eigenvalue weighted by Crippen LogP contribution is -2.32. The molecule has 19 heavy (non-hydrogen) atoms. The Labute approximate surface area is 113 Å². The standard InChI is InChI=1S/C14H21NO4/c1-9(2)7-10(16)8-15-14(18)11-5-4-6-12(19-3)13(11)17/h4-6,9-10,16-17H,7-8H2,1-3H3,(H,15,18). The van der Waals surface area contributed by atoms with Gasteiger partial charge in [0.15, 0.2) is 11.5 Å². The number of aliphatic hydroxyl groups is 1. The first kappa shape index (κ1) is 15.3. The summed E-state index contributed by atoms with van der Waals surface area (Å²) in [4.78, 5) is 11.9. The third-order valence-electron chi connectivity index (χ3n) is 2.71. The topological polar surface area (TPSA) is 78.8 Å². The Balaban J connectivity index is 2.64. The predicted molar refractivity (Wildman–Crippen MR) is 72.5 cm³/mol. The Morgan fingerprint density at radius 2 is 2.11 bits per heavy atom. The van der Waals surface area contributed by atoms with E-state index < -0.39 is 12.0 Å². The number of phenols is 1. The molecular weight excluding hydrogens is 246 g/mol. The van der Waals surface area contributed by atoms with Crippen molar-refractivity contribution in [1.29, 1.82) is 0 Å². The van der Waals surface area contributed by atoms with Crippen LogP contribution >= 0.6 is 0 Å². The molecule has 0 aliphatic heterocycles. The number of benzene rings is 1. The van der Waals surface area contributed by atoms with Crippen molar-refractivity contribution in [2.45, 2.75) is 26.4 Å². The Hall–Kier alpha value is -1.75. The maximum absolute atomic E-state index is 11.9. The van der Waals surface area contributed by atoms with Crippen LogP contribution in [0.25, 0.3) is 0 Å². The van der Waals surface area contributed by atoms with Crippen LogP contribution in [0.5, 0.6) is 11.5 Å². The SMILES string of the molecule is COc1cccc(C(=O)NCC(O)CC(C)C)c1O. The molecule has 5 nitrogen and oxygen atoms in total. The van der Waals surface area contributed by atoms with Gasteiger partial charge in [0.05, 0.1) is 18.8 Å². The lowest BCUT2D eigenvalue weighted by atomic mass is 10.1. The van der Waals surface area contributed by atoms with Crippen LogP contribution in [-0.4, -0.2) is 35.9 Å². The lowest BCUT2D eigenvalue weighted by molar-refractivity contribution is 0.0897. The molecule has 0 aliphatic carbocycles. The summed E-state index contributed by atoms with van der Waals surface area (Å²) in [5, 5.41) is 22.1. The summed E-state index contributed by atoms with van der Waals surface area (Å²) in [7, 11) is 1.42. The molecule has 0 spiro atoms. The minimum Gasteiger partial charge on any atom is -0.504 e. The molecule has 0 saturated carbocycles. The first-order valence-corrected chi connectivity index (χ1v) is 6.28. The van der Waals surface area contributed by atoms with Crippen LogP contribution < -0.4 is 10.1 Å². The van der Waals surface area contributed by atoms with Gasteiger partial charge in [-0.05, 0) is 24.5 Å². The minimum absolute atomic E-state index is 0.135. The molecule has 0 heterocycles. The average molecular weight is 267 g/mol. The molecule has 0 radical (unpaired) electrons. The van der Waals surface area contributed by atoms with Crippen molar-refractivity contribution >= 4 is 5.91 Å². The number of ether oxygens (including phenoxy) is 1. The van der Waals surface area contributed by atoms with Crippen LogP contribution in [0.2, 0.25) is 0 Å². The zero-order valence-electron chi connectivity index (χ0n) is 11.5. The second-order valence-electron chi connectivity index (χ2n) is 4.85. The van der Waals surface area contributed by atoms with Gasteiger partial charge in [-0.25, -0.2) is 0 Å². The Morgan fingerprint density at radius 3 is 2.68 bits per heavy atom. The average Bonchev–Trinajstić information content (AvgIpc) is 2.35. The van der Waals surface area contributed by atoms with Gasteiger partial charge in [-0.3, -0.25) is 4.79 Å². The summed E-state index contributed by atoms with van der Waals surface area (Å²) in [6.07, 6.45) is 0.0291. The van der Waals surface area contributed by atoms with E-state index in [-0.39, 0.29) is 23.6 Å². The monoisotopic (exact) mass is 267 g/mol. The van der Waals surface area contributed by atoms with E-state index in [1.54, 1.807) is 12.1 Å². The van der Waals surface area contributed by atoms with Crippen LogP contribution in [-0.2, 0) is 0 Å². The highest BCUT2D eigenvalue weighted by molar-refractivity contribution is 5.97. The van der Waals surface area contributed by atoms with Gasteiger partial charge in [0.1, 0.15) is 0 Å². The van der Waals surface area contributed by atoms with Crippen molar-refractivity contribution < 1.29 is 19.7 Å². The normalized spacial score (nSPS) is 12.3. The Morgan fingerprint density at radius 1 is 1.42 bits per heavy atom. The van der Waals surface area contributed by atoms with Crippen LogP contribution in [0, 0.1) is 5.92 Å². The fraction of sp³-hybridized carbons (Fsp3) is 0.500. The van der Waals surface area contributed by atoms with Crippen LogP contribution in [0.15, 0.2) is 18.2 Å². The van der Waals surface area contributed by atoms with E-state index in [9.17, 15) is 15.0 Å². The first-order valence-electron chi connectivity index (χ1n) is 6.28. The van der Waals surface area contributed by atoms with Crippen molar-refractivity contribution in [3.8, 4) is 11.5 Å². The zero-order valence-corrected chi connectivity index (χ0v) is 11.5. The maximum atomic E-state index is 11.9. The minimum atomic E-state index is -0.586. The molecule has 1 aromatic carbocycles. The summed E-state index contributed by atoms with van der Waals surface area (Å²) in [5.74, 6) is -0.0208. The highest BCUT2D eigenvalue weighted by Gasteiger charge is 2.16. The Kier molecular flexibility index (Phi) is 5.63. The molecule has 5 heteroatoms. The van der Waals surface area contributed by atoms with Crippen molar-refractivity contribution in [2.75, 3.05) is 13.7 Å². The molecule has 1 atom stereocenters. The number of carbonyl (C=O) groups excluding carboxylic acids is 1. The van der Waals surface area contributed by atoms with Gasteiger partial charge in [-0.2, -0.15) is 0 Å². The number of carbonyl (C=O) groups is 1. The number of hydrogen-bond donors (Lipinski definition) is 3. The van der Waals surface area contributed by atoms with E-state index in [1.807, 2.05) is 13.8 Å². The third-order valence-corrected chi connectivity index (χ3v) is 2.71. The zero-order chi connectivity index (χ0) is 14.4. The van der Waals surface area contributed by atoms with Gasteiger partial charge in [0.2, 0.25) is 0 Å². The number of rotatable bonds is 6. The van der Waals surface area contributed by atoms with Crippen molar-refractivity contribution in [3.05, 3.63) is 23.8 Å². The number of nitrogens with one attached hydrogen (secondary N) is 1. The number of amides is 1. The van der Waals surface area contributed by atoms with Gasteiger partial charge in [-0.15, -0.1) is 0 Å². The van der Waals surface area contributed by atoms with Gasteiger partial charge in [0.25, 0.3) is 5.91 Å².